The normalized spacial score (nSPS) is 12.5. The lowest BCUT2D eigenvalue weighted by atomic mass is 10.0. The molecular weight excluding hydrogens is 306 g/mol. The Morgan fingerprint density at radius 1 is 1.06 bits per heavy atom. The van der Waals surface area contributed by atoms with Crippen molar-refractivity contribution in [3.05, 3.63) is 68.9 Å². The molecule has 0 aliphatic heterocycles. The zero-order valence-corrected chi connectivity index (χ0v) is 11.0. The summed E-state index contributed by atoms with van der Waals surface area (Å²) in [5.74, 6) is -0.455. The highest BCUT2D eigenvalue weighted by Gasteiger charge is 2.12. The van der Waals surface area contributed by atoms with Crippen LogP contribution in [0.25, 0.3) is 0 Å². The molecule has 0 aromatic heterocycles. The second-order valence-corrected chi connectivity index (χ2v) is 5.01. The summed E-state index contributed by atoms with van der Waals surface area (Å²) in [6, 6.07) is 11.2. The molecule has 0 fully saturated rings. The van der Waals surface area contributed by atoms with E-state index in [4.69, 9.17) is 11.6 Å². The molecule has 0 bridgehead atoms. The summed E-state index contributed by atoms with van der Waals surface area (Å²) in [6.07, 6.45) is -0.878. The van der Waals surface area contributed by atoms with Gasteiger partial charge in [0.15, 0.2) is 0 Å². The van der Waals surface area contributed by atoms with Crippen LogP contribution in [0.1, 0.15) is 17.2 Å². The average Bonchev–Trinajstić information content (AvgIpc) is 2.28. The maximum Gasteiger partial charge on any atom is 0.125 e. The van der Waals surface area contributed by atoms with Crippen molar-refractivity contribution in [2.75, 3.05) is 0 Å². The van der Waals surface area contributed by atoms with Gasteiger partial charge in [-0.05, 0) is 41.5 Å². The van der Waals surface area contributed by atoms with E-state index in [1.807, 2.05) is 12.1 Å². The zero-order valence-electron chi connectivity index (χ0n) is 8.70. The van der Waals surface area contributed by atoms with Crippen LogP contribution in [-0.4, -0.2) is 5.11 Å². The predicted molar refractivity (Wildman–Crippen MR) is 69.6 cm³/mol. The first kappa shape index (κ1) is 12.6. The fraction of sp³-hybridized carbons (Fsp3) is 0.0769. The van der Waals surface area contributed by atoms with Gasteiger partial charge in [0.05, 0.1) is 0 Å². The molecule has 0 radical (unpaired) electrons. The molecule has 0 spiro atoms. The summed E-state index contributed by atoms with van der Waals surface area (Å²) in [5.41, 5.74) is 1.13. The fourth-order valence-electron chi connectivity index (χ4n) is 1.57. The topological polar surface area (TPSA) is 20.2 Å². The molecule has 0 unspecified atom stereocenters. The Morgan fingerprint density at radius 2 is 1.71 bits per heavy atom. The first-order chi connectivity index (χ1) is 8.06. The van der Waals surface area contributed by atoms with Crippen LogP contribution in [0.5, 0.6) is 0 Å². The minimum atomic E-state index is -0.878. The number of halogens is 3. The number of benzene rings is 2. The van der Waals surface area contributed by atoms with Crippen LogP contribution in [-0.2, 0) is 0 Å². The molecule has 17 heavy (non-hydrogen) atoms. The molecule has 0 saturated heterocycles. The summed E-state index contributed by atoms with van der Waals surface area (Å²) in [4.78, 5) is 0. The van der Waals surface area contributed by atoms with Crippen molar-refractivity contribution < 1.29 is 9.50 Å². The monoisotopic (exact) mass is 314 g/mol. The highest BCUT2D eigenvalue weighted by Crippen LogP contribution is 2.26. The van der Waals surface area contributed by atoms with Crippen molar-refractivity contribution in [1.82, 2.24) is 0 Å². The Hall–Kier alpha value is -0.900. The Morgan fingerprint density at radius 3 is 2.29 bits per heavy atom. The number of hydrogen-bond donors (Lipinski definition) is 1. The van der Waals surface area contributed by atoms with E-state index >= 15 is 0 Å². The minimum Gasteiger partial charge on any atom is -0.384 e. The standard InChI is InChI=1S/C13H9BrClFO/c14-10-3-1-8(2-4-10)13(17)9-5-11(15)7-12(16)6-9/h1-7,13,17H/t13-/m1/s1. The largest absolute Gasteiger partial charge is 0.384 e. The Kier molecular flexibility index (Phi) is 3.82. The fourth-order valence-corrected chi connectivity index (χ4v) is 2.07. The van der Waals surface area contributed by atoms with Crippen LogP contribution in [0.2, 0.25) is 5.02 Å². The molecule has 2 rings (SSSR count). The van der Waals surface area contributed by atoms with Gasteiger partial charge in [-0.2, -0.15) is 0 Å². The van der Waals surface area contributed by atoms with Crippen LogP contribution in [0.15, 0.2) is 46.9 Å². The number of aliphatic hydroxyl groups excluding tert-OH is 1. The number of hydrogen-bond acceptors (Lipinski definition) is 1. The maximum absolute atomic E-state index is 13.2. The molecule has 2 aromatic carbocycles. The second kappa shape index (κ2) is 5.17. The van der Waals surface area contributed by atoms with Gasteiger partial charge < -0.3 is 5.11 Å². The quantitative estimate of drug-likeness (QED) is 0.875. The maximum atomic E-state index is 13.2. The summed E-state index contributed by atoms with van der Waals surface area (Å²) >= 11 is 9.06. The molecular formula is C13H9BrClFO. The SMILES string of the molecule is O[C@H](c1ccc(Br)cc1)c1cc(F)cc(Cl)c1. The lowest BCUT2D eigenvalue weighted by molar-refractivity contribution is 0.220. The molecule has 0 saturated carbocycles. The lowest BCUT2D eigenvalue weighted by Crippen LogP contribution is -2.00. The molecule has 1 atom stereocenters. The van der Waals surface area contributed by atoms with Crippen LogP contribution in [0, 0.1) is 5.82 Å². The third-order valence-corrected chi connectivity index (χ3v) is 3.13. The smallest absolute Gasteiger partial charge is 0.125 e. The Bertz CT molecular complexity index is 507. The van der Waals surface area contributed by atoms with E-state index in [9.17, 15) is 9.50 Å². The van der Waals surface area contributed by atoms with E-state index in [1.165, 1.54) is 12.1 Å². The van der Waals surface area contributed by atoms with Gasteiger partial charge in [-0.3, -0.25) is 0 Å². The van der Waals surface area contributed by atoms with Crippen molar-refractivity contribution in [2.24, 2.45) is 0 Å². The Labute approximate surface area is 112 Å². The Balaban J connectivity index is 2.36. The van der Waals surface area contributed by atoms with Crippen molar-refractivity contribution in [1.29, 1.82) is 0 Å². The van der Waals surface area contributed by atoms with Crippen LogP contribution < -0.4 is 0 Å². The first-order valence-corrected chi connectivity index (χ1v) is 6.13. The molecule has 0 aliphatic rings. The number of rotatable bonds is 2. The molecule has 0 amide bonds. The highest BCUT2D eigenvalue weighted by molar-refractivity contribution is 9.10. The van der Waals surface area contributed by atoms with Gasteiger partial charge in [0.2, 0.25) is 0 Å². The summed E-state index contributed by atoms with van der Waals surface area (Å²) in [7, 11) is 0. The van der Waals surface area contributed by atoms with E-state index in [2.05, 4.69) is 15.9 Å². The van der Waals surface area contributed by atoms with E-state index in [0.717, 1.165) is 4.47 Å². The highest BCUT2D eigenvalue weighted by atomic mass is 79.9. The minimum absolute atomic E-state index is 0.274. The van der Waals surface area contributed by atoms with Gasteiger partial charge in [-0.15, -0.1) is 0 Å². The van der Waals surface area contributed by atoms with Gasteiger partial charge in [-0.1, -0.05) is 39.7 Å². The second-order valence-electron chi connectivity index (χ2n) is 3.66. The molecule has 88 valence electrons. The third kappa shape index (κ3) is 3.06. The van der Waals surface area contributed by atoms with Gasteiger partial charge in [0.25, 0.3) is 0 Å². The van der Waals surface area contributed by atoms with Crippen molar-refractivity contribution in [2.45, 2.75) is 6.10 Å². The van der Waals surface area contributed by atoms with E-state index in [-0.39, 0.29) is 5.02 Å². The molecule has 0 aliphatic carbocycles. The molecule has 1 nitrogen and oxygen atoms in total. The van der Waals surface area contributed by atoms with Gasteiger partial charge in [0, 0.05) is 9.50 Å². The van der Waals surface area contributed by atoms with E-state index in [1.54, 1.807) is 18.2 Å². The summed E-state index contributed by atoms with van der Waals surface area (Å²) < 4.78 is 14.1. The zero-order chi connectivity index (χ0) is 12.4. The lowest BCUT2D eigenvalue weighted by Gasteiger charge is -2.12. The summed E-state index contributed by atoms with van der Waals surface area (Å²) in [5, 5.41) is 10.4. The van der Waals surface area contributed by atoms with Crippen molar-refractivity contribution in [3.8, 4) is 0 Å². The molecule has 1 N–H and O–H groups in total. The van der Waals surface area contributed by atoms with E-state index in [0.29, 0.717) is 11.1 Å². The molecule has 0 heterocycles. The number of aliphatic hydroxyl groups is 1. The van der Waals surface area contributed by atoms with E-state index < -0.39 is 11.9 Å². The predicted octanol–water partition coefficient (Wildman–Crippen LogP) is 4.32. The van der Waals surface area contributed by atoms with Crippen LogP contribution >= 0.6 is 27.5 Å². The van der Waals surface area contributed by atoms with Crippen molar-refractivity contribution >= 4 is 27.5 Å². The summed E-state index contributed by atoms with van der Waals surface area (Å²) in [6.45, 7) is 0. The average molecular weight is 316 g/mol. The van der Waals surface area contributed by atoms with Crippen LogP contribution in [0.4, 0.5) is 4.39 Å². The molecule has 2 aromatic rings. The van der Waals surface area contributed by atoms with Gasteiger partial charge >= 0.3 is 0 Å². The third-order valence-electron chi connectivity index (χ3n) is 2.39. The molecule has 4 heteroatoms. The van der Waals surface area contributed by atoms with Crippen molar-refractivity contribution in [3.63, 3.8) is 0 Å². The first-order valence-electron chi connectivity index (χ1n) is 4.96. The van der Waals surface area contributed by atoms with Gasteiger partial charge in [-0.25, -0.2) is 4.39 Å². The van der Waals surface area contributed by atoms with Crippen LogP contribution in [0.3, 0.4) is 0 Å². The van der Waals surface area contributed by atoms with Gasteiger partial charge in [0.1, 0.15) is 11.9 Å².